The molecule has 0 atom stereocenters. The van der Waals surface area contributed by atoms with E-state index >= 15 is 0 Å². The van der Waals surface area contributed by atoms with Crippen LogP contribution in [0.1, 0.15) is 38.5 Å². The summed E-state index contributed by atoms with van der Waals surface area (Å²) in [5.74, 6) is 0.372. The van der Waals surface area contributed by atoms with Crippen LogP contribution in [-0.4, -0.2) is 19.0 Å². The molecule has 0 bridgehead atoms. The number of piperidine rings is 1. The van der Waals surface area contributed by atoms with Crippen molar-refractivity contribution >= 4 is 28.7 Å². The van der Waals surface area contributed by atoms with Gasteiger partial charge in [0.1, 0.15) is 0 Å². The van der Waals surface area contributed by atoms with Crippen molar-refractivity contribution in [1.82, 2.24) is 0 Å². The molecule has 1 saturated carbocycles. The summed E-state index contributed by atoms with van der Waals surface area (Å²) >= 11 is 0. The molecule has 0 spiro atoms. The highest BCUT2D eigenvalue weighted by Crippen LogP contribution is 2.28. The van der Waals surface area contributed by atoms with E-state index in [1.165, 1.54) is 44.5 Å². The van der Waals surface area contributed by atoms with Crippen molar-refractivity contribution in [3.8, 4) is 0 Å². The van der Waals surface area contributed by atoms with Crippen molar-refractivity contribution in [3.05, 3.63) is 48.5 Å². The molecule has 26 heavy (non-hydrogen) atoms. The maximum atomic E-state index is 12.0. The molecule has 1 aliphatic carbocycles. The number of amides is 1. The molecule has 4 rings (SSSR count). The maximum Gasteiger partial charge on any atom is 0.227 e. The first-order chi connectivity index (χ1) is 12.8. The van der Waals surface area contributed by atoms with Crippen LogP contribution in [0.15, 0.2) is 48.5 Å². The Morgan fingerprint density at radius 1 is 0.769 bits per heavy atom. The fourth-order valence-corrected chi connectivity index (χ4v) is 3.63. The monoisotopic (exact) mass is 349 g/mol. The molecular formula is C22H27N3O. The number of nitrogens with one attached hydrogen (secondary N) is 2. The lowest BCUT2D eigenvalue weighted by Gasteiger charge is -2.28. The lowest BCUT2D eigenvalue weighted by molar-refractivity contribution is -0.122. The molecule has 2 fully saturated rings. The van der Waals surface area contributed by atoms with Gasteiger partial charge in [0.05, 0.1) is 0 Å². The van der Waals surface area contributed by atoms with Gasteiger partial charge in [-0.3, -0.25) is 4.79 Å². The fraction of sp³-hybridized carbons (Fsp3) is 0.409. The molecule has 0 aromatic heterocycles. The molecule has 0 unspecified atom stereocenters. The van der Waals surface area contributed by atoms with Crippen molar-refractivity contribution in [2.24, 2.45) is 5.92 Å². The molecule has 1 saturated heterocycles. The number of benzene rings is 2. The van der Waals surface area contributed by atoms with E-state index in [2.05, 4.69) is 39.8 Å². The van der Waals surface area contributed by atoms with Gasteiger partial charge in [0.25, 0.3) is 0 Å². The number of nitrogens with zero attached hydrogens (tertiary/aromatic N) is 1. The third kappa shape index (κ3) is 4.01. The van der Waals surface area contributed by atoms with Gasteiger partial charge in [-0.1, -0.05) is 6.42 Å². The van der Waals surface area contributed by atoms with Gasteiger partial charge in [0.2, 0.25) is 5.91 Å². The number of carbonyl (C=O) groups is 1. The van der Waals surface area contributed by atoms with Gasteiger partial charge < -0.3 is 15.5 Å². The Kier molecular flexibility index (Phi) is 5.09. The second kappa shape index (κ2) is 7.81. The predicted molar refractivity (Wildman–Crippen MR) is 108 cm³/mol. The molecule has 1 aliphatic heterocycles. The first-order valence-electron chi connectivity index (χ1n) is 9.81. The predicted octanol–water partition coefficient (Wildman–Crippen LogP) is 5.16. The van der Waals surface area contributed by atoms with Gasteiger partial charge >= 0.3 is 0 Å². The minimum absolute atomic E-state index is 0.158. The Morgan fingerprint density at radius 2 is 1.35 bits per heavy atom. The highest BCUT2D eigenvalue weighted by Gasteiger charge is 2.25. The molecule has 4 heteroatoms. The fourth-order valence-electron chi connectivity index (χ4n) is 3.63. The van der Waals surface area contributed by atoms with E-state index in [1.807, 2.05) is 24.3 Å². The van der Waals surface area contributed by atoms with Gasteiger partial charge in [-0.2, -0.15) is 0 Å². The van der Waals surface area contributed by atoms with E-state index in [1.54, 1.807) is 0 Å². The number of rotatable bonds is 5. The Bertz CT molecular complexity index is 729. The Morgan fingerprint density at radius 3 is 1.92 bits per heavy atom. The van der Waals surface area contributed by atoms with Gasteiger partial charge in [-0.05, 0) is 80.6 Å². The standard InChI is InChI=1S/C22H27N3O/c26-22(17-5-4-6-17)24-20-9-7-18(8-10-20)23-19-11-13-21(14-12-19)25-15-2-1-3-16-25/h7-14,17,23H,1-6,15-16H2,(H,24,26). The third-order valence-corrected chi connectivity index (χ3v) is 5.51. The second-order valence-corrected chi connectivity index (χ2v) is 7.41. The van der Waals surface area contributed by atoms with Crippen LogP contribution in [0.4, 0.5) is 22.7 Å². The molecule has 2 aliphatic rings. The lowest BCUT2D eigenvalue weighted by atomic mass is 9.85. The molecular weight excluding hydrogens is 322 g/mol. The van der Waals surface area contributed by atoms with Crippen LogP contribution in [0.2, 0.25) is 0 Å². The summed E-state index contributed by atoms with van der Waals surface area (Å²) in [6, 6.07) is 16.6. The van der Waals surface area contributed by atoms with E-state index in [4.69, 9.17) is 0 Å². The van der Waals surface area contributed by atoms with Crippen LogP contribution in [0, 0.1) is 5.92 Å². The number of anilines is 4. The molecule has 0 radical (unpaired) electrons. The van der Waals surface area contributed by atoms with Crippen LogP contribution in [0.3, 0.4) is 0 Å². The van der Waals surface area contributed by atoms with E-state index in [9.17, 15) is 4.79 Å². The van der Waals surface area contributed by atoms with Gasteiger partial charge in [-0.15, -0.1) is 0 Å². The van der Waals surface area contributed by atoms with Gasteiger partial charge in [-0.25, -0.2) is 0 Å². The minimum atomic E-state index is 0.158. The zero-order chi connectivity index (χ0) is 17.8. The third-order valence-electron chi connectivity index (χ3n) is 5.51. The largest absolute Gasteiger partial charge is 0.372 e. The first-order valence-corrected chi connectivity index (χ1v) is 9.81. The van der Waals surface area contributed by atoms with Crippen molar-refractivity contribution < 1.29 is 4.79 Å². The van der Waals surface area contributed by atoms with E-state index < -0.39 is 0 Å². The molecule has 1 heterocycles. The summed E-state index contributed by atoms with van der Waals surface area (Å²) < 4.78 is 0. The molecule has 2 aromatic carbocycles. The normalized spacial score (nSPS) is 17.5. The molecule has 4 nitrogen and oxygen atoms in total. The topological polar surface area (TPSA) is 44.4 Å². The average Bonchev–Trinajstić information content (AvgIpc) is 2.63. The molecule has 2 aromatic rings. The van der Waals surface area contributed by atoms with Crippen LogP contribution < -0.4 is 15.5 Å². The second-order valence-electron chi connectivity index (χ2n) is 7.41. The number of hydrogen-bond donors (Lipinski definition) is 2. The van der Waals surface area contributed by atoms with E-state index in [0.29, 0.717) is 0 Å². The Labute approximate surface area is 155 Å². The first kappa shape index (κ1) is 17.0. The van der Waals surface area contributed by atoms with Crippen molar-refractivity contribution in [3.63, 3.8) is 0 Å². The van der Waals surface area contributed by atoms with E-state index in [0.717, 1.165) is 29.9 Å². The summed E-state index contributed by atoms with van der Waals surface area (Å²) in [6.07, 6.45) is 7.18. The summed E-state index contributed by atoms with van der Waals surface area (Å²) in [7, 11) is 0. The number of carbonyl (C=O) groups excluding carboxylic acids is 1. The maximum absolute atomic E-state index is 12.0. The SMILES string of the molecule is O=C(Nc1ccc(Nc2ccc(N3CCCCC3)cc2)cc1)C1CCC1. The highest BCUT2D eigenvalue weighted by atomic mass is 16.1. The summed E-state index contributed by atoms with van der Waals surface area (Å²) in [6.45, 7) is 2.33. The summed E-state index contributed by atoms with van der Waals surface area (Å²) in [5.41, 5.74) is 4.28. The molecule has 136 valence electrons. The highest BCUT2D eigenvalue weighted by molar-refractivity contribution is 5.93. The lowest BCUT2D eigenvalue weighted by Crippen LogP contribution is -2.29. The Balaban J connectivity index is 1.33. The smallest absolute Gasteiger partial charge is 0.227 e. The summed E-state index contributed by atoms with van der Waals surface area (Å²) in [4.78, 5) is 14.5. The minimum Gasteiger partial charge on any atom is -0.372 e. The zero-order valence-corrected chi connectivity index (χ0v) is 15.2. The van der Waals surface area contributed by atoms with Crippen LogP contribution in [0.5, 0.6) is 0 Å². The van der Waals surface area contributed by atoms with E-state index in [-0.39, 0.29) is 11.8 Å². The van der Waals surface area contributed by atoms with Crippen LogP contribution in [-0.2, 0) is 4.79 Å². The molecule has 2 N–H and O–H groups in total. The van der Waals surface area contributed by atoms with Crippen molar-refractivity contribution in [2.45, 2.75) is 38.5 Å². The number of hydrogen-bond acceptors (Lipinski definition) is 3. The van der Waals surface area contributed by atoms with Crippen molar-refractivity contribution in [1.29, 1.82) is 0 Å². The average molecular weight is 349 g/mol. The zero-order valence-electron chi connectivity index (χ0n) is 15.2. The van der Waals surface area contributed by atoms with Crippen LogP contribution in [0.25, 0.3) is 0 Å². The van der Waals surface area contributed by atoms with Gasteiger partial charge in [0.15, 0.2) is 0 Å². The Hall–Kier alpha value is -2.49. The van der Waals surface area contributed by atoms with Crippen LogP contribution >= 0.6 is 0 Å². The van der Waals surface area contributed by atoms with Gasteiger partial charge in [0, 0.05) is 41.8 Å². The van der Waals surface area contributed by atoms with Crippen molar-refractivity contribution in [2.75, 3.05) is 28.6 Å². The summed E-state index contributed by atoms with van der Waals surface area (Å²) in [5, 5.41) is 6.43. The molecule has 1 amide bonds. The quantitative estimate of drug-likeness (QED) is 0.784.